The number of rotatable bonds is 3. The van der Waals surface area contributed by atoms with Gasteiger partial charge in [-0.15, -0.1) is 0 Å². The van der Waals surface area contributed by atoms with Crippen LogP contribution < -0.4 is 4.72 Å². The number of benzene rings is 1. The van der Waals surface area contributed by atoms with E-state index >= 15 is 0 Å². The van der Waals surface area contributed by atoms with Gasteiger partial charge in [0.25, 0.3) is 0 Å². The Kier molecular flexibility index (Phi) is 4.63. The molecule has 0 radical (unpaired) electrons. The summed E-state index contributed by atoms with van der Waals surface area (Å²) < 4.78 is 37.3. The lowest BCUT2D eigenvalue weighted by Crippen LogP contribution is -2.21. The Morgan fingerprint density at radius 1 is 1.47 bits per heavy atom. The molecule has 0 saturated heterocycles. The van der Waals surface area contributed by atoms with E-state index in [9.17, 15) is 12.8 Å². The molecule has 0 bridgehead atoms. The van der Waals surface area contributed by atoms with E-state index in [1.54, 1.807) is 0 Å². The van der Waals surface area contributed by atoms with Gasteiger partial charge >= 0.3 is 0 Å². The Balaban J connectivity index is 2.91. The van der Waals surface area contributed by atoms with E-state index in [2.05, 4.69) is 16.6 Å². The maximum atomic E-state index is 13.3. The predicted octanol–water partition coefficient (Wildman–Crippen LogP) is 0.219. The molecule has 1 aromatic carbocycles. The number of aliphatic hydroxyl groups excluding tert-OH is 1. The number of halogens is 1. The van der Waals surface area contributed by atoms with Crippen molar-refractivity contribution in [2.45, 2.75) is 6.54 Å². The van der Waals surface area contributed by atoms with Gasteiger partial charge in [0.1, 0.15) is 12.4 Å². The van der Waals surface area contributed by atoms with E-state index in [1.807, 2.05) is 0 Å². The molecule has 92 valence electrons. The molecule has 0 aliphatic carbocycles. The number of sulfonamides is 1. The zero-order valence-corrected chi connectivity index (χ0v) is 10.0. The van der Waals surface area contributed by atoms with Crippen LogP contribution >= 0.6 is 0 Å². The van der Waals surface area contributed by atoms with Crippen molar-refractivity contribution >= 4 is 10.0 Å². The molecule has 0 unspecified atom stereocenters. The van der Waals surface area contributed by atoms with E-state index in [-0.39, 0.29) is 18.7 Å². The molecule has 0 amide bonds. The molecule has 6 heteroatoms. The van der Waals surface area contributed by atoms with E-state index in [0.717, 1.165) is 6.26 Å². The average Bonchev–Trinajstić information content (AvgIpc) is 2.25. The summed E-state index contributed by atoms with van der Waals surface area (Å²) in [5, 5.41) is 8.52. The smallest absolute Gasteiger partial charge is 0.209 e. The molecule has 1 aromatic rings. The fraction of sp³-hybridized carbons (Fsp3) is 0.273. The summed E-state index contributed by atoms with van der Waals surface area (Å²) in [4.78, 5) is 0. The van der Waals surface area contributed by atoms with Crippen LogP contribution in [0.15, 0.2) is 18.2 Å². The van der Waals surface area contributed by atoms with Crippen molar-refractivity contribution in [1.82, 2.24) is 4.72 Å². The standard InChI is InChI=1S/C11H12FNO3S/c1-17(15,16)13-8-10-7-9(3-2-6-14)4-5-11(10)12/h4-5,7,13-14H,6,8H2,1H3. The highest BCUT2D eigenvalue weighted by molar-refractivity contribution is 7.88. The van der Waals surface area contributed by atoms with Crippen molar-refractivity contribution in [3.05, 3.63) is 35.1 Å². The van der Waals surface area contributed by atoms with Gasteiger partial charge in [0.15, 0.2) is 0 Å². The summed E-state index contributed by atoms with van der Waals surface area (Å²) in [6.45, 7) is -0.409. The molecule has 0 fully saturated rings. The van der Waals surface area contributed by atoms with Gasteiger partial charge < -0.3 is 5.11 Å². The Labute approximate surface area is 99.5 Å². The van der Waals surface area contributed by atoms with Crippen LogP contribution in [0.25, 0.3) is 0 Å². The van der Waals surface area contributed by atoms with E-state index in [0.29, 0.717) is 5.56 Å². The van der Waals surface area contributed by atoms with Crippen LogP contribution in [0, 0.1) is 17.7 Å². The lowest BCUT2D eigenvalue weighted by Gasteiger charge is -2.04. The van der Waals surface area contributed by atoms with Gasteiger partial charge in [-0.1, -0.05) is 11.8 Å². The second-order valence-electron chi connectivity index (χ2n) is 3.36. The van der Waals surface area contributed by atoms with Gasteiger partial charge in [0.05, 0.1) is 6.26 Å². The average molecular weight is 257 g/mol. The topological polar surface area (TPSA) is 66.4 Å². The molecule has 0 aliphatic heterocycles. The molecule has 1 rings (SSSR count). The number of hydrogen-bond acceptors (Lipinski definition) is 3. The number of hydrogen-bond donors (Lipinski definition) is 2. The lowest BCUT2D eigenvalue weighted by molar-refractivity contribution is 0.350. The van der Waals surface area contributed by atoms with Crippen LogP contribution in [-0.4, -0.2) is 26.4 Å². The van der Waals surface area contributed by atoms with Crippen LogP contribution in [0.2, 0.25) is 0 Å². The summed E-state index contributed by atoms with van der Waals surface area (Å²) in [5.74, 6) is 4.54. The number of aliphatic hydroxyl groups is 1. The van der Waals surface area contributed by atoms with Crippen molar-refractivity contribution in [2.75, 3.05) is 12.9 Å². The van der Waals surface area contributed by atoms with Crippen LogP contribution in [0.3, 0.4) is 0 Å². The molecule has 0 spiro atoms. The maximum absolute atomic E-state index is 13.3. The summed E-state index contributed by atoms with van der Waals surface area (Å²) in [6.07, 6.45) is 1.00. The van der Waals surface area contributed by atoms with E-state index < -0.39 is 15.8 Å². The fourth-order valence-corrected chi connectivity index (χ4v) is 1.56. The lowest BCUT2D eigenvalue weighted by atomic mass is 10.1. The summed E-state index contributed by atoms with van der Waals surface area (Å²) in [7, 11) is -3.36. The minimum absolute atomic E-state index is 0.126. The second kappa shape index (κ2) is 5.77. The normalized spacial score (nSPS) is 10.8. The molecule has 0 aliphatic rings. The summed E-state index contributed by atoms with van der Waals surface area (Å²) >= 11 is 0. The monoisotopic (exact) mass is 257 g/mol. The molecular formula is C11H12FNO3S. The molecule has 2 N–H and O–H groups in total. The molecule has 4 nitrogen and oxygen atoms in total. The Bertz CT molecular complexity index is 558. The van der Waals surface area contributed by atoms with Gasteiger partial charge in [0, 0.05) is 17.7 Å². The van der Waals surface area contributed by atoms with Crippen LogP contribution in [0.5, 0.6) is 0 Å². The first-order valence-corrected chi connectivity index (χ1v) is 6.64. The molecule has 0 saturated carbocycles. The van der Waals surface area contributed by atoms with Crippen molar-refractivity contribution < 1.29 is 17.9 Å². The largest absolute Gasteiger partial charge is 0.384 e. The Hall–Kier alpha value is -1.42. The molecule has 0 atom stereocenters. The second-order valence-corrected chi connectivity index (χ2v) is 5.19. The third kappa shape index (κ3) is 4.95. The highest BCUT2D eigenvalue weighted by Crippen LogP contribution is 2.10. The zero-order chi connectivity index (χ0) is 12.9. The Morgan fingerprint density at radius 2 is 2.18 bits per heavy atom. The maximum Gasteiger partial charge on any atom is 0.209 e. The van der Waals surface area contributed by atoms with Gasteiger partial charge in [-0.3, -0.25) is 0 Å². The third-order valence-electron chi connectivity index (χ3n) is 1.88. The first kappa shape index (κ1) is 13.6. The van der Waals surface area contributed by atoms with Gasteiger partial charge in [0.2, 0.25) is 10.0 Å². The quantitative estimate of drug-likeness (QED) is 0.761. The van der Waals surface area contributed by atoms with Crippen LogP contribution in [-0.2, 0) is 16.6 Å². The minimum Gasteiger partial charge on any atom is -0.384 e. The van der Waals surface area contributed by atoms with Gasteiger partial charge in [-0.25, -0.2) is 17.5 Å². The van der Waals surface area contributed by atoms with Crippen molar-refractivity contribution in [3.8, 4) is 11.8 Å². The molecule has 0 aromatic heterocycles. The van der Waals surface area contributed by atoms with Crippen molar-refractivity contribution in [1.29, 1.82) is 0 Å². The van der Waals surface area contributed by atoms with Crippen LogP contribution in [0.4, 0.5) is 4.39 Å². The SMILES string of the molecule is CS(=O)(=O)NCc1cc(C#CCO)ccc1F. The van der Waals surface area contributed by atoms with E-state index in [1.165, 1.54) is 18.2 Å². The van der Waals surface area contributed by atoms with Crippen molar-refractivity contribution in [3.63, 3.8) is 0 Å². The van der Waals surface area contributed by atoms with Crippen molar-refractivity contribution in [2.24, 2.45) is 0 Å². The first-order chi connectivity index (χ1) is 7.92. The third-order valence-corrected chi connectivity index (χ3v) is 2.55. The van der Waals surface area contributed by atoms with Crippen LogP contribution in [0.1, 0.15) is 11.1 Å². The molecule has 17 heavy (non-hydrogen) atoms. The van der Waals surface area contributed by atoms with Gasteiger partial charge in [-0.2, -0.15) is 0 Å². The fourth-order valence-electron chi connectivity index (χ4n) is 1.14. The summed E-state index contributed by atoms with van der Waals surface area (Å²) in [5.41, 5.74) is 0.728. The van der Waals surface area contributed by atoms with E-state index in [4.69, 9.17) is 5.11 Å². The zero-order valence-electron chi connectivity index (χ0n) is 9.20. The predicted molar refractivity (Wildman–Crippen MR) is 62.0 cm³/mol. The Morgan fingerprint density at radius 3 is 2.76 bits per heavy atom. The van der Waals surface area contributed by atoms with Gasteiger partial charge in [-0.05, 0) is 18.2 Å². The highest BCUT2D eigenvalue weighted by Gasteiger charge is 2.06. The summed E-state index contributed by atoms with van der Waals surface area (Å²) in [6, 6.07) is 4.11. The minimum atomic E-state index is -3.36. The first-order valence-electron chi connectivity index (χ1n) is 4.75. The molecular weight excluding hydrogens is 245 g/mol. The molecule has 0 heterocycles. The highest BCUT2D eigenvalue weighted by atomic mass is 32.2. The number of nitrogens with one attached hydrogen (secondary N) is 1.